The lowest BCUT2D eigenvalue weighted by molar-refractivity contribution is -0.396. The maximum absolute atomic E-state index is 12.1. The Hall–Kier alpha value is -2.71. The Balaban J connectivity index is 3.09. The summed E-state index contributed by atoms with van der Waals surface area (Å²) >= 11 is 0. The maximum atomic E-state index is 12.1. The third-order valence-electron chi connectivity index (χ3n) is 2.80. The van der Waals surface area contributed by atoms with E-state index in [4.69, 9.17) is 0 Å². The Morgan fingerprint density at radius 1 is 1.37 bits per heavy atom. The summed E-state index contributed by atoms with van der Waals surface area (Å²) in [5, 5.41) is 11.0. The second-order valence-electron chi connectivity index (χ2n) is 3.95. The normalized spacial score (nSPS) is 10.8. The predicted octanol–water partition coefficient (Wildman–Crippen LogP) is -0.472. The molecule has 0 aliphatic rings. The Labute approximate surface area is 106 Å². The molecule has 19 heavy (non-hydrogen) atoms. The zero-order chi connectivity index (χ0) is 14.3. The lowest BCUT2D eigenvalue weighted by atomic mass is 10.5. The van der Waals surface area contributed by atoms with Gasteiger partial charge in [0.15, 0.2) is 0 Å². The first-order valence-corrected chi connectivity index (χ1v) is 5.31. The minimum absolute atomic E-state index is 0.0104. The number of hydrogen-bond donors (Lipinski definition) is 0. The Morgan fingerprint density at radius 3 is 2.53 bits per heavy atom. The van der Waals surface area contributed by atoms with E-state index in [1.54, 1.807) is 0 Å². The van der Waals surface area contributed by atoms with Gasteiger partial charge in [0.05, 0.1) is 6.54 Å². The van der Waals surface area contributed by atoms with E-state index in [1.165, 1.54) is 20.2 Å². The van der Waals surface area contributed by atoms with E-state index in [1.807, 2.05) is 0 Å². The smallest absolute Gasteiger partial charge is 0.390 e. The summed E-state index contributed by atoms with van der Waals surface area (Å²) in [6.45, 7) is 3.54. The molecule has 100 valence electrons. The van der Waals surface area contributed by atoms with Crippen LogP contribution < -0.4 is 11.2 Å². The van der Waals surface area contributed by atoms with E-state index in [0.717, 1.165) is 13.7 Å². The fourth-order valence-corrected chi connectivity index (χ4v) is 1.88. The Kier molecular flexibility index (Phi) is 2.81. The van der Waals surface area contributed by atoms with E-state index in [9.17, 15) is 19.7 Å². The van der Waals surface area contributed by atoms with E-state index >= 15 is 0 Å². The monoisotopic (exact) mass is 265 g/mol. The molecule has 0 saturated carbocycles. The van der Waals surface area contributed by atoms with Gasteiger partial charge in [-0.25, -0.2) is 9.36 Å². The quantitative estimate of drug-likeness (QED) is 0.423. The molecule has 0 saturated heterocycles. The molecule has 9 heteroatoms. The topological polar surface area (TPSA) is 105 Å². The molecule has 0 unspecified atom stereocenters. The summed E-state index contributed by atoms with van der Waals surface area (Å²) in [5.41, 5.74) is -1.21. The molecule has 2 aromatic heterocycles. The minimum atomic E-state index is -0.701. The average molecular weight is 265 g/mol. The first-order valence-electron chi connectivity index (χ1n) is 5.31. The van der Waals surface area contributed by atoms with Gasteiger partial charge in [-0.05, 0) is 9.91 Å². The van der Waals surface area contributed by atoms with Crippen molar-refractivity contribution in [1.29, 1.82) is 0 Å². The van der Waals surface area contributed by atoms with Crippen LogP contribution in [0.4, 0.5) is 5.95 Å². The van der Waals surface area contributed by atoms with Crippen molar-refractivity contribution < 1.29 is 4.92 Å². The van der Waals surface area contributed by atoms with Gasteiger partial charge in [-0.1, -0.05) is 12.7 Å². The minimum Gasteiger partial charge on any atom is -0.390 e. The number of nitro groups is 1. The van der Waals surface area contributed by atoms with Crippen molar-refractivity contribution in [3.63, 3.8) is 0 Å². The van der Waals surface area contributed by atoms with Crippen molar-refractivity contribution in [2.75, 3.05) is 0 Å². The van der Waals surface area contributed by atoms with Gasteiger partial charge in [0.2, 0.25) is 5.52 Å². The zero-order valence-corrected chi connectivity index (χ0v) is 10.4. The zero-order valence-electron chi connectivity index (χ0n) is 10.4. The summed E-state index contributed by atoms with van der Waals surface area (Å²) < 4.78 is 3.11. The average Bonchev–Trinajstić information content (AvgIpc) is 2.74. The molecule has 0 aliphatic carbocycles. The summed E-state index contributed by atoms with van der Waals surface area (Å²) in [6.07, 6.45) is 1.42. The molecule has 2 heterocycles. The van der Waals surface area contributed by atoms with Gasteiger partial charge in [-0.15, -0.1) is 0 Å². The van der Waals surface area contributed by atoms with E-state index in [2.05, 4.69) is 11.6 Å². The predicted molar refractivity (Wildman–Crippen MR) is 67.1 cm³/mol. The standard InChI is InChI=1S/C10H11N5O4/c1-4-5-14-6-7(11-9(14)15(18)19)12(2)10(17)13(3)8(6)16/h4H,1,5H2,2-3H3. The molecule has 0 amide bonds. The van der Waals surface area contributed by atoms with Gasteiger partial charge >= 0.3 is 11.6 Å². The molecule has 0 radical (unpaired) electrons. The van der Waals surface area contributed by atoms with Gasteiger partial charge in [-0.3, -0.25) is 13.9 Å². The van der Waals surface area contributed by atoms with Crippen LogP contribution >= 0.6 is 0 Å². The maximum Gasteiger partial charge on any atom is 0.437 e. The largest absolute Gasteiger partial charge is 0.437 e. The van der Waals surface area contributed by atoms with Crippen LogP contribution in [-0.2, 0) is 20.6 Å². The number of rotatable bonds is 3. The molecular weight excluding hydrogens is 254 g/mol. The highest BCUT2D eigenvalue weighted by Crippen LogP contribution is 2.17. The van der Waals surface area contributed by atoms with E-state index in [-0.39, 0.29) is 17.7 Å². The highest BCUT2D eigenvalue weighted by Gasteiger charge is 2.27. The number of nitrogens with zero attached hydrogens (tertiary/aromatic N) is 5. The van der Waals surface area contributed by atoms with Gasteiger partial charge in [0.25, 0.3) is 11.2 Å². The van der Waals surface area contributed by atoms with Crippen LogP contribution in [-0.4, -0.2) is 23.6 Å². The van der Waals surface area contributed by atoms with Crippen LogP contribution in [0.2, 0.25) is 0 Å². The van der Waals surface area contributed by atoms with Crippen molar-refractivity contribution in [2.45, 2.75) is 6.54 Å². The fourth-order valence-electron chi connectivity index (χ4n) is 1.88. The van der Waals surface area contributed by atoms with E-state index in [0.29, 0.717) is 0 Å². The molecule has 0 spiro atoms. The van der Waals surface area contributed by atoms with Gasteiger partial charge in [0.1, 0.15) is 0 Å². The van der Waals surface area contributed by atoms with E-state index < -0.39 is 22.1 Å². The number of allylic oxidation sites excluding steroid dienone is 1. The van der Waals surface area contributed by atoms with Crippen molar-refractivity contribution in [1.82, 2.24) is 18.7 Å². The number of imidazole rings is 1. The second kappa shape index (κ2) is 4.19. The third-order valence-corrected chi connectivity index (χ3v) is 2.80. The number of aryl methyl sites for hydroxylation is 1. The lowest BCUT2D eigenvalue weighted by Gasteiger charge is -2.01. The summed E-state index contributed by atoms with van der Waals surface area (Å²) in [7, 11) is 2.71. The summed E-state index contributed by atoms with van der Waals surface area (Å²) in [4.78, 5) is 37.8. The Morgan fingerprint density at radius 2 is 2.00 bits per heavy atom. The fraction of sp³-hybridized carbons (Fsp3) is 0.300. The first kappa shape index (κ1) is 12.7. The van der Waals surface area contributed by atoms with Crippen LogP contribution in [0.25, 0.3) is 11.2 Å². The molecule has 0 bridgehead atoms. The van der Waals surface area contributed by atoms with Crippen molar-refractivity contribution in [2.24, 2.45) is 14.1 Å². The first-order chi connectivity index (χ1) is 8.90. The second-order valence-corrected chi connectivity index (χ2v) is 3.95. The number of fused-ring (bicyclic) bond motifs is 1. The molecule has 0 fully saturated rings. The molecule has 0 atom stereocenters. The SMILES string of the molecule is C=CCn1c([N+](=O)[O-])nc2c1c(=O)n(C)c(=O)n2C. The molecular formula is C10H11N5O4. The molecule has 0 aliphatic heterocycles. The number of aromatic nitrogens is 4. The van der Waals surface area contributed by atoms with Crippen molar-refractivity contribution in [3.8, 4) is 0 Å². The third kappa shape index (κ3) is 1.66. The van der Waals surface area contributed by atoms with Crippen LogP contribution in [0.1, 0.15) is 0 Å². The van der Waals surface area contributed by atoms with Crippen LogP contribution in [0.5, 0.6) is 0 Å². The van der Waals surface area contributed by atoms with Crippen molar-refractivity contribution >= 4 is 17.1 Å². The highest BCUT2D eigenvalue weighted by molar-refractivity contribution is 5.72. The lowest BCUT2D eigenvalue weighted by Crippen LogP contribution is -2.37. The number of hydrogen-bond acceptors (Lipinski definition) is 5. The van der Waals surface area contributed by atoms with Crippen LogP contribution in [0.3, 0.4) is 0 Å². The highest BCUT2D eigenvalue weighted by atomic mass is 16.6. The molecule has 2 rings (SSSR count). The van der Waals surface area contributed by atoms with Crippen LogP contribution in [0.15, 0.2) is 22.2 Å². The van der Waals surface area contributed by atoms with Gasteiger partial charge in [0, 0.05) is 14.1 Å². The molecule has 9 nitrogen and oxygen atoms in total. The molecule has 0 N–H and O–H groups in total. The summed E-state index contributed by atoms with van der Waals surface area (Å²) in [5.74, 6) is -0.492. The van der Waals surface area contributed by atoms with Gasteiger partial charge < -0.3 is 10.1 Å². The van der Waals surface area contributed by atoms with Crippen LogP contribution in [0, 0.1) is 10.1 Å². The Bertz CT molecular complexity index is 810. The van der Waals surface area contributed by atoms with Gasteiger partial charge in [-0.2, -0.15) is 0 Å². The molecule has 2 aromatic rings. The van der Waals surface area contributed by atoms with Crippen molar-refractivity contribution in [3.05, 3.63) is 43.6 Å². The summed E-state index contributed by atoms with van der Waals surface area (Å²) in [6, 6.07) is 0. The molecule has 0 aromatic carbocycles.